The molecular formula is C24H22N4O4. The summed E-state index contributed by atoms with van der Waals surface area (Å²) in [6.45, 7) is 2.23. The highest BCUT2D eigenvalue weighted by Gasteiger charge is 2.13. The molecule has 0 spiro atoms. The number of aryl methyl sites for hydroxylation is 1. The molecule has 0 atom stereocenters. The molecule has 2 aromatic carbocycles. The second kappa shape index (κ2) is 9.30. The van der Waals surface area contributed by atoms with Gasteiger partial charge in [0.2, 0.25) is 11.7 Å². The Hall–Kier alpha value is -4.20. The summed E-state index contributed by atoms with van der Waals surface area (Å²) in [5.41, 5.74) is 3.14. The molecule has 0 aliphatic carbocycles. The molecule has 0 aliphatic heterocycles. The van der Waals surface area contributed by atoms with Crippen molar-refractivity contribution in [2.24, 2.45) is 0 Å². The predicted molar refractivity (Wildman–Crippen MR) is 119 cm³/mol. The van der Waals surface area contributed by atoms with Crippen LogP contribution in [-0.4, -0.2) is 27.7 Å². The minimum Gasteiger partial charge on any atom is -0.497 e. The molecule has 0 fully saturated rings. The molecule has 8 nitrogen and oxygen atoms in total. The van der Waals surface area contributed by atoms with Gasteiger partial charge < -0.3 is 19.1 Å². The number of hydrogen-bond donors (Lipinski definition) is 1. The topological polar surface area (TPSA) is 99.2 Å². The molecule has 0 unspecified atom stereocenters. The third-order valence-corrected chi connectivity index (χ3v) is 4.93. The zero-order chi connectivity index (χ0) is 22.5. The molecule has 1 amide bonds. The Bertz CT molecular complexity index is 1270. The Labute approximate surface area is 184 Å². The van der Waals surface area contributed by atoms with Crippen LogP contribution in [0, 0.1) is 6.92 Å². The maximum absolute atomic E-state index is 12.4. The first-order valence-electron chi connectivity index (χ1n) is 10.0. The maximum atomic E-state index is 12.4. The molecule has 4 aromatic rings. The lowest BCUT2D eigenvalue weighted by atomic mass is 10.1. The maximum Gasteiger partial charge on any atom is 0.259 e. The number of nitrogens with one attached hydrogen (secondary N) is 1. The summed E-state index contributed by atoms with van der Waals surface area (Å²) in [5, 5.41) is 6.83. The van der Waals surface area contributed by atoms with Gasteiger partial charge in [0.15, 0.2) is 0 Å². The second-order valence-electron chi connectivity index (χ2n) is 7.30. The van der Waals surface area contributed by atoms with E-state index >= 15 is 0 Å². The zero-order valence-corrected chi connectivity index (χ0v) is 17.7. The van der Waals surface area contributed by atoms with Crippen LogP contribution in [0.2, 0.25) is 0 Å². The first kappa shape index (κ1) is 21.0. The Morgan fingerprint density at radius 1 is 1.03 bits per heavy atom. The van der Waals surface area contributed by atoms with Crippen LogP contribution >= 0.6 is 0 Å². The van der Waals surface area contributed by atoms with E-state index in [9.17, 15) is 9.59 Å². The lowest BCUT2D eigenvalue weighted by Gasteiger charge is -2.09. The minimum absolute atomic E-state index is 0.123. The van der Waals surface area contributed by atoms with Gasteiger partial charge >= 0.3 is 0 Å². The third kappa shape index (κ3) is 4.92. The normalized spacial score (nSPS) is 10.7. The lowest BCUT2D eigenvalue weighted by molar-refractivity contribution is -0.121. The van der Waals surface area contributed by atoms with Crippen LogP contribution in [0.4, 0.5) is 0 Å². The van der Waals surface area contributed by atoms with E-state index < -0.39 is 0 Å². The monoisotopic (exact) mass is 430 g/mol. The van der Waals surface area contributed by atoms with Crippen molar-refractivity contribution in [1.29, 1.82) is 0 Å². The summed E-state index contributed by atoms with van der Waals surface area (Å²) >= 11 is 0. The van der Waals surface area contributed by atoms with Gasteiger partial charge in [0.1, 0.15) is 12.3 Å². The van der Waals surface area contributed by atoms with Crippen molar-refractivity contribution in [2.45, 2.75) is 20.0 Å². The van der Waals surface area contributed by atoms with Crippen LogP contribution in [0.25, 0.3) is 22.8 Å². The molecule has 0 bridgehead atoms. The van der Waals surface area contributed by atoms with Gasteiger partial charge in [-0.2, -0.15) is 4.98 Å². The van der Waals surface area contributed by atoms with E-state index in [2.05, 4.69) is 15.5 Å². The van der Waals surface area contributed by atoms with Gasteiger partial charge in [-0.1, -0.05) is 47.1 Å². The number of carbonyl (C=O) groups excluding carboxylic acids is 1. The summed E-state index contributed by atoms with van der Waals surface area (Å²) < 4.78 is 11.8. The number of rotatable bonds is 7. The summed E-state index contributed by atoms with van der Waals surface area (Å²) in [7, 11) is 1.60. The van der Waals surface area contributed by atoms with E-state index in [0.29, 0.717) is 17.9 Å². The van der Waals surface area contributed by atoms with E-state index in [1.165, 1.54) is 10.6 Å². The van der Waals surface area contributed by atoms with Crippen LogP contribution in [0.3, 0.4) is 0 Å². The van der Waals surface area contributed by atoms with E-state index in [0.717, 1.165) is 22.4 Å². The van der Waals surface area contributed by atoms with Gasteiger partial charge in [0, 0.05) is 24.4 Å². The van der Waals surface area contributed by atoms with Crippen LogP contribution in [-0.2, 0) is 17.9 Å². The molecule has 2 heterocycles. The fraction of sp³-hybridized carbons (Fsp3) is 0.167. The van der Waals surface area contributed by atoms with Crippen LogP contribution in [0.15, 0.2) is 76.2 Å². The first-order chi connectivity index (χ1) is 15.5. The van der Waals surface area contributed by atoms with Crippen molar-refractivity contribution >= 4 is 5.91 Å². The number of nitrogens with zero attached hydrogens (tertiary/aromatic N) is 3. The fourth-order valence-electron chi connectivity index (χ4n) is 3.10. The van der Waals surface area contributed by atoms with Crippen LogP contribution in [0.1, 0.15) is 11.1 Å². The number of carbonyl (C=O) groups is 1. The van der Waals surface area contributed by atoms with Crippen molar-refractivity contribution in [2.75, 3.05) is 7.11 Å². The third-order valence-electron chi connectivity index (χ3n) is 4.93. The van der Waals surface area contributed by atoms with Crippen molar-refractivity contribution in [1.82, 2.24) is 20.0 Å². The molecule has 0 saturated heterocycles. The standard InChI is InChI=1S/C24H22N4O4/c1-16-3-7-18(8-4-16)23-26-24(32-27-23)19-9-12-22(30)28(14-19)15-21(29)25-13-17-5-10-20(31-2)11-6-17/h3-12,14H,13,15H2,1-2H3,(H,25,29). The predicted octanol–water partition coefficient (Wildman–Crippen LogP) is 3.20. The molecule has 1 N–H and O–H groups in total. The van der Waals surface area contributed by atoms with Gasteiger partial charge in [-0.3, -0.25) is 9.59 Å². The average molecular weight is 430 g/mol. The van der Waals surface area contributed by atoms with E-state index in [1.807, 2.05) is 55.5 Å². The lowest BCUT2D eigenvalue weighted by Crippen LogP contribution is -2.31. The molecule has 0 aliphatic rings. The highest BCUT2D eigenvalue weighted by Crippen LogP contribution is 2.21. The average Bonchev–Trinajstić information content (AvgIpc) is 3.30. The molecule has 2 aromatic heterocycles. The van der Waals surface area contributed by atoms with E-state index in [4.69, 9.17) is 9.26 Å². The number of benzene rings is 2. The van der Waals surface area contributed by atoms with E-state index in [1.54, 1.807) is 19.4 Å². The van der Waals surface area contributed by atoms with Gasteiger partial charge in [-0.05, 0) is 30.7 Å². The van der Waals surface area contributed by atoms with E-state index in [-0.39, 0.29) is 23.9 Å². The van der Waals surface area contributed by atoms with Gasteiger partial charge in [-0.15, -0.1) is 0 Å². The largest absolute Gasteiger partial charge is 0.497 e. The zero-order valence-electron chi connectivity index (χ0n) is 17.7. The first-order valence-corrected chi connectivity index (χ1v) is 10.0. The number of pyridine rings is 1. The molecule has 162 valence electrons. The summed E-state index contributed by atoms with van der Waals surface area (Å²) in [5.74, 6) is 1.18. The highest BCUT2D eigenvalue weighted by atomic mass is 16.5. The van der Waals surface area contributed by atoms with Gasteiger partial charge in [0.25, 0.3) is 11.4 Å². The number of amides is 1. The highest BCUT2D eigenvalue weighted by molar-refractivity contribution is 5.75. The molecule has 4 rings (SSSR count). The number of ether oxygens (including phenoxy) is 1. The molecule has 0 radical (unpaired) electrons. The number of methoxy groups -OCH3 is 1. The van der Waals surface area contributed by atoms with Crippen LogP contribution in [0.5, 0.6) is 5.75 Å². The Morgan fingerprint density at radius 3 is 2.47 bits per heavy atom. The number of aromatic nitrogens is 3. The van der Waals surface area contributed by atoms with Crippen molar-refractivity contribution in [3.63, 3.8) is 0 Å². The summed E-state index contributed by atoms with van der Waals surface area (Å²) in [6, 6.07) is 18.1. The Morgan fingerprint density at radius 2 is 1.75 bits per heavy atom. The Kier molecular flexibility index (Phi) is 6.12. The molecule has 0 saturated carbocycles. The summed E-state index contributed by atoms with van der Waals surface area (Å²) in [4.78, 5) is 29.0. The second-order valence-corrected chi connectivity index (χ2v) is 7.30. The Balaban J connectivity index is 1.45. The van der Waals surface area contributed by atoms with Crippen molar-refractivity contribution < 1.29 is 14.1 Å². The van der Waals surface area contributed by atoms with Gasteiger partial charge in [-0.25, -0.2) is 0 Å². The molecule has 8 heteroatoms. The smallest absolute Gasteiger partial charge is 0.259 e. The minimum atomic E-state index is -0.299. The quantitative estimate of drug-likeness (QED) is 0.483. The van der Waals surface area contributed by atoms with Gasteiger partial charge in [0.05, 0.1) is 12.7 Å². The number of hydrogen-bond acceptors (Lipinski definition) is 6. The van der Waals surface area contributed by atoms with Crippen LogP contribution < -0.4 is 15.6 Å². The molecular weight excluding hydrogens is 408 g/mol. The van der Waals surface area contributed by atoms with Crippen molar-refractivity contribution in [3.05, 3.63) is 88.3 Å². The summed E-state index contributed by atoms with van der Waals surface area (Å²) in [6.07, 6.45) is 1.54. The SMILES string of the molecule is COc1ccc(CNC(=O)Cn2cc(-c3nc(-c4ccc(C)cc4)no3)ccc2=O)cc1. The fourth-order valence-corrected chi connectivity index (χ4v) is 3.10. The molecule has 32 heavy (non-hydrogen) atoms. The van der Waals surface area contributed by atoms with Crippen molar-refractivity contribution in [3.8, 4) is 28.6 Å².